The molecule has 0 saturated carbocycles. The van der Waals surface area contributed by atoms with Gasteiger partial charge in [0.25, 0.3) is 0 Å². The number of methoxy groups -OCH3 is 1. The van der Waals surface area contributed by atoms with Crippen LogP contribution in [-0.2, 0) is 4.74 Å². The van der Waals surface area contributed by atoms with Crippen LogP contribution in [0.3, 0.4) is 0 Å². The fourth-order valence-corrected chi connectivity index (χ4v) is 1.48. The van der Waals surface area contributed by atoms with Gasteiger partial charge in [-0.1, -0.05) is 6.07 Å². The van der Waals surface area contributed by atoms with E-state index in [0.29, 0.717) is 0 Å². The summed E-state index contributed by atoms with van der Waals surface area (Å²) in [6.45, 7) is 3.49. The quantitative estimate of drug-likeness (QED) is 0.861. The summed E-state index contributed by atoms with van der Waals surface area (Å²) in [5.41, 5.74) is -0.929. The molecule has 1 aromatic rings. The lowest BCUT2D eigenvalue weighted by molar-refractivity contribution is -0.0215. The van der Waals surface area contributed by atoms with Crippen molar-refractivity contribution in [1.82, 2.24) is 0 Å². The highest BCUT2D eigenvalue weighted by molar-refractivity contribution is 5.22. The average Bonchev–Trinajstić information content (AvgIpc) is 2.16. The predicted molar refractivity (Wildman–Crippen MR) is 57.0 cm³/mol. The molecule has 0 radical (unpaired) electrons. The minimum absolute atomic E-state index is 0.126. The molecular weight excluding hydrogens is 214 g/mol. The van der Waals surface area contributed by atoms with Gasteiger partial charge in [0.05, 0.1) is 17.3 Å². The fraction of sp³-hybridized carbons (Fsp3) is 0.500. The zero-order valence-electron chi connectivity index (χ0n) is 9.63. The largest absolute Gasteiger partial charge is 0.388 e. The number of aliphatic hydroxyl groups is 1. The lowest BCUT2D eigenvalue weighted by atomic mass is 9.95. The van der Waals surface area contributed by atoms with E-state index in [1.54, 1.807) is 13.8 Å². The van der Waals surface area contributed by atoms with Gasteiger partial charge >= 0.3 is 0 Å². The third-order valence-electron chi connectivity index (χ3n) is 2.57. The second kappa shape index (κ2) is 4.89. The topological polar surface area (TPSA) is 29.5 Å². The highest BCUT2D eigenvalue weighted by Gasteiger charge is 2.26. The first kappa shape index (κ1) is 13.1. The van der Waals surface area contributed by atoms with Crippen LogP contribution in [0.5, 0.6) is 0 Å². The lowest BCUT2D eigenvalue weighted by Crippen LogP contribution is -2.26. The minimum atomic E-state index is -1.21. The molecule has 4 heteroatoms. The molecule has 2 nitrogen and oxygen atoms in total. The molecule has 1 atom stereocenters. The highest BCUT2D eigenvalue weighted by Crippen LogP contribution is 2.29. The Morgan fingerprint density at radius 3 is 2.25 bits per heavy atom. The van der Waals surface area contributed by atoms with E-state index < -0.39 is 23.3 Å². The second-order valence-electron chi connectivity index (χ2n) is 4.32. The molecule has 0 spiro atoms. The van der Waals surface area contributed by atoms with E-state index in [0.717, 1.165) is 12.1 Å². The monoisotopic (exact) mass is 230 g/mol. The van der Waals surface area contributed by atoms with E-state index in [1.165, 1.54) is 13.2 Å². The minimum Gasteiger partial charge on any atom is -0.388 e. The van der Waals surface area contributed by atoms with Gasteiger partial charge in [0.1, 0.15) is 11.6 Å². The van der Waals surface area contributed by atoms with E-state index >= 15 is 0 Å². The Bertz CT molecular complexity index is 344. The first-order valence-corrected chi connectivity index (χ1v) is 5.04. The van der Waals surface area contributed by atoms with Crippen molar-refractivity contribution in [3.8, 4) is 0 Å². The fourth-order valence-electron chi connectivity index (χ4n) is 1.48. The third-order valence-corrected chi connectivity index (χ3v) is 2.57. The third kappa shape index (κ3) is 3.00. The van der Waals surface area contributed by atoms with Crippen molar-refractivity contribution in [2.24, 2.45) is 0 Å². The molecule has 0 saturated heterocycles. The van der Waals surface area contributed by atoms with Crippen LogP contribution in [0.2, 0.25) is 0 Å². The van der Waals surface area contributed by atoms with Gasteiger partial charge in [-0.3, -0.25) is 0 Å². The molecule has 0 fully saturated rings. The van der Waals surface area contributed by atoms with Gasteiger partial charge in [-0.15, -0.1) is 0 Å². The maximum absolute atomic E-state index is 13.3. The highest BCUT2D eigenvalue weighted by atomic mass is 19.1. The molecule has 0 heterocycles. The van der Waals surface area contributed by atoms with Crippen LogP contribution in [0.15, 0.2) is 18.2 Å². The Morgan fingerprint density at radius 1 is 1.31 bits per heavy atom. The van der Waals surface area contributed by atoms with Crippen LogP contribution in [0, 0.1) is 11.6 Å². The van der Waals surface area contributed by atoms with Gasteiger partial charge in [0.2, 0.25) is 0 Å². The van der Waals surface area contributed by atoms with E-state index in [-0.39, 0.29) is 12.0 Å². The van der Waals surface area contributed by atoms with E-state index in [9.17, 15) is 13.9 Å². The number of aliphatic hydroxyl groups excluding tert-OH is 1. The molecule has 90 valence electrons. The molecule has 1 aromatic carbocycles. The number of hydrogen-bond donors (Lipinski definition) is 1. The van der Waals surface area contributed by atoms with Crippen LogP contribution >= 0.6 is 0 Å². The SMILES string of the molecule is COC(C)(C)CC(O)c1c(F)cccc1F. The van der Waals surface area contributed by atoms with Crippen LogP contribution in [-0.4, -0.2) is 17.8 Å². The molecule has 1 N–H and O–H groups in total. The smallest absolute Gasteiger partial charge is 0.131 e. The Hall–Kier alpha value is -1.00. The average molecular weight is 230 g/mol. The summed E-state index contributed by atoms with van der Waals surface area (Å²) in [7, 11) is 1.49. The summed E-state index contributed by atoms with van der Waals surface area (Å²) in [4.78, 5) is 0. The zero-order chi connectivity index (χ0) is 12.3. The van der Waals surface area contributed by atoms with Crippen LogP contribution < -0.4 is 0 Å². The number of rotatable bonds is 4. The van der Waals surface area contributed by atoms with Crippen molar-refractivity contribution in [2.45, 2.75) is 32.0 Å². The van der Waals surface area contributed by atoms with Gasteiger partial charge in [0, 0.05) is 13.5 Å². The van der Waals surface area contributed by atoms with Crippen molar-refractivity contribution in [2.75, 3.05) is 7.11 Å². The molecule has 0 amide bonds. The molecular formula is C12H16F2O2. The summed E-state index contributed by atoms with van der Waals surface area (Å²) >= 11 is 0. The van der Waals surface area contributed by atoms with E-state index in [2.05, 4.69) is 0 Å². The summed E-state index contributed by atoms with van der Waals surface area (Å²) in [6, 6.07) is 3.52. The van der Waals surface area contributed by atoms with E-state index in [4.69, 9.17) is 4.74 Å². The summed E-state index contributed by atoms with van der Waals surface area (Å²) < 4.78 is 31.8. The molecule has 0 bridgehead atoms. The summed E-state index contributed by atoms with van der Waals surface area (Å²) in [6.07, 6.45) is -1.09. The van der Waals surface area contributed by atoms with Crippen LogP contribution in [0.4, 0.5) is 8.78 Å². The van der Waals surface area contributed by atoms with Crippen molar-refractivity contribution >= 4 is 0 Å². The van der Waals surface area contributed by atoms with Crippen LogP contribution in [0.1, 0.15) is 31.9 Å². The normalized spacial score (nSPS) is 13.9. The Morgan fingerprint density at radius 2 is 1.81 bits per heavy atom. The maximum Gasteiger partial charge on any atom is 0.131 e. The van der Waals surface area contributed by atoms with Gasteiger partial charge < -0.3 is 9.84 Å². The number of halogens is 2. The Labute approximate surface area is 93.9 Å². The van der Waals surface area contributed by atoms with Crippen molar-refractivity contribution in [3.63, 3.8) is 0 Å². The summed E-state index contributed by atoms with van der Waals surface area (Å²) in [5.74, 6) is -1.47. The molecule has 0 aliphatic heterocycles. The Kier molecular flexibility index (Phi) is 3.99. The molecule has 0 aliphatic rings. The molecule has 0 aliphatic carbocycles. The number of benzene rings is 1. The second-order valence-corrected chi connectivity index (χ2v) is 4.32. The Balaban J connectivity index is 2.93. The number of ether oxygens (including phenoxy) is 1. The van der Waals surface area contributed by atoms with Crippen molar-refractivity contribution in [1.29, 1.82) is 0 Å². The maximum atomic E-state index is 13.3. The standard InChI is InChI=1S/C12H16F2O2/c1-12(2,16-3)7-10(15)11-8(13)5-4-6-9(11)14/h4-6,10,15H,7H2,1-3H3. The first-order valence-electron chi connectivity index (χ1n) is 5.04. The molecule has 0 aromatic heterocycles. The van der Waals surface area contributed by atoms with Gasteiger partial charge in [-0.2, -0.15) is 0 Å². The van der Waals surface area contributed by atoms with E-state index in [1.807, 2.05) is 0 Å². The first-order chi connectivity index (χ1) is 7.37. The van der Waals surface area contributed by atoms with Crippen LogP contribution in [0.25, 0.3) is 0 Å². The summed E-state index contributed by atoms with van der Waals surface area (Å²) in [5, 5.41) is 9.79. The van der Waals surface area contributed by atoms with Gasteiger partial charge in [-0.25, -0.2) is 8.78 Å². The molecule has 1 unspecified atom stereocenters. The predicted octanol–water partition coefficient (Wildman–Crippen LogP) is 2.81. The number of hydrogen-bond acceptors (Lipinski definition) is 2. The zero-order valence-corrected chi connectivity index (χ0v) is 9.63. The van der Waals surface area contributed by atoms with Crippen molar-refractivity contribution < 1.29 is 18.6 Å². The van der Waals surface area contributed by atoms with Crippen molar-refractivity contribution in [3.05, 3.63) is 35.4 Å². The lowest BCUT2D eigenvalue weighted by Gasteiger charge is -2.26. The van der Waals surface area contributed by atoms with Gasteiger partial charge in [-0.05, 0) is 26.0 Å². The van der Waals surface area contributed by atoms with Gasteiger partial charge in [0.15, 0.2) is 0 Å². The molecule has 16 heavy (non-hydrogen) atoms. The molecule has 1 rings (SSSR count).